The number of imide groups is 2. The third-order valence-electron chi connectivity index (χ3n) is 5.79. The first-order valence-electron chi connectivity index (χ1n) is 9.87. The molecule has 0 unspecified atom stereocenters. The summed E-state index contributed by atoms with van der Waals surface area (Å²) >= 11 is 0. The molecule has 2 aliphatic rings. The van der Waals surface area contributed by atoms with E-state index in [0.717, 1.165) is 9.80 Å². The fraction of sp³-hybridized carbons (Fsp3) is 0.0833. The topological polar surface area (TPSA) is 101 Å². The molecule has 8 nitrogen and oxygen atoms in total. The molecule has 4 aromatic rings. The summed E-state index contributed by atoms with van der Waals surface area (Å²) in [7, 11) is 0. The van der Waals surface area contributed by atoms with E-state index >= 15 is 0 Å². The number of anilines is 2. The van der Waals surface area contributed by atoms with Crippen LogP contribution in [-0.2, 0) is 0 Å². The molecule has 0 saturated carbocycles. The molecule has 0 bridgehead atoms. The van der Waals surface area contributed by atoms with Crippen LogP contribution in [-0.4, -0.2) is 23.6 Å². The van der Waals surface area contributed by atoms with Crippen LogP contribution in [0.15, 0.2) is 57.4 Å². The largest absolute Gasteiger partial charge is 0.445 e. The smallest absolute Gasteiger partial charge is 0.268 e. The van der Waals surface area contributed by atoms with Crippen molar-refractivity contribution in [1.29, 1.82) is 0 Å². The van der Waals surface area contributed by atoms with Crippen molar-refractivity contribution in [2.75, 3.05) is 9.80 Å². The van der Waals surface area contributed by atoms with E-state index in [-0.39, 0.29) is 34.0 Å². The summed E-state index contributed by atoms with van der Waals surface area (Å²) in [5, 5.41) is 0.595. The van der Waals surface area contributed by atoms with Gasteiger partial charge in [0.1, 0.15) is 11.5 Å². The zero-order valence-electron chi connectivity index (χ0n) is 17.0. The Kier molecular flexibility index (Phi) is 3.46. The van der Waals surface area contributed by atoms with Gasteiger partial charge in [0.05, 0.1) is 0 Å². The molecule has 0 saturated heterocycles. The lowest BCUT2D eigenvalue weighted by molar-refractivity contribution is 0.0866. The number of nitrogens with zero attached hydrogens (tertiary/aromatic N) is 2. The molecule has 0 N–H and O–H groups in total. The van der Waals surface area contributed by atoms with Gasteiger partial charge in [-0.15, -0.1) is 0 Å². The Labute approximate surface area is 180 Å². The van der Waals surface area contributed by atoms with Crippen LogP contribution >= 0.6 is 0 Å². The fourth-order valence-electron chi connectivity index (χ4n) is 4.36. The third kappa shape index (κ3) is 2.20. The molecule has 0 spiro atoms. The summed E-state index contributed by atoms with van der Waals surface area (Å²) in [5.41, 5.74) is 0.878. The van der Waals surface area contributed by atoms with E-state index < -0.39 is 23.6 Å². The monoisotopic (exact) mass is 426 g/mol. The highest BCUT2D eigenvalue weighted by Crippen LogP contribution is 2.40. The Bertz CT molecular complexity index is 1350. The highest BCUT2D eigenvalue weighted by molar-refractivity contribution is 6.41. The molecular weight excluding hydrogens is 412 g/mol. The highest BCUT2D eigenvalue weighted by Gasteiger charge is 2.41. The SMILES string of the molecule is Cc1ccc(N2C(=O)c3ccc4c5c(ccc(c35)C2=O)C(=O)N(c2ccc(C)o2)C4=O)o1. The van der Waals surface area contributed by atoms with Crippen molar-refractivity contribution in [1.82, 2.24) is 0 Å². The van der Waals surface area contributed by atoms with Crippen LogP contribution in [0, 0.1) is 13.8 Å². The van der Waals surface area contributed by atoms with Crippen molar-refractivity contribution in [2.45, 2.75) is 13.8 Å². The number of hydrogen-bond acceptors (Lipinski definition) is 6. The predicted octanol–water partition coefficient (Wildman–Crippen LogP) is 4.24. The summed E-state index contributed by atoms with van der Waals surface area (Å²) < 4.78 is 11.0. The van der Waals surface area contributed by atoms with Gasteiger partial charge in [0.2, 0.25) is 11.8 Å². The summed E-state index contributed by atoms with van der Waals surface area (Å²) in [6.45, 7) is 3.43. The van der Waals surface area contributed by atoms with Gasteiger partial charge in [0, 0.05) is 45.2 Å². The van der Waals surface area contributed by atoms with Crippen molar-refractivity contribution in [3.05, 3.63) is 82.3 Å². The maximum atomic E-state index is 13.3. The van der Waals surface area contributed by atoms with Gasteiger partial charge in [0.25, 0.3) is 23.6 Å². The molecule has 2 aliphatic heterocycles. The van der Waals surface area contributed by atoms with Gasteiger partial charge in [-0.25, -0.2) is 9.80 Å². The second-order valence-electron chi connectivity index (χ2n) is 7.73. The molecule has 8 heteroatoms. The van der Waals surface area contributed by atoms with E-state index in [1.165, 1.54) is 24.3 Å². The molecule has 0 fully saturated rings. The van der Waals surface area contributed by atoms with E-state index in [4.69, 9.17) is 8.83 Å². The van der Waals surface area contributed by atoms with Crippen LogP contribution in [0.1, 0.15) is 53.0 Å². The average molecular weight is 426 g/mol. The lowest BCUT2D eigenvalue weighted by Crippen LogP contribution is -2.43. The minimum absolute atomic E-state index is 0.114. The van der Waals surface area contributed by atoms with E-state index in [2.05, 4.69) is 0 Å². The zero-order chi connectivity index (χ0) is 22.3. The molecule has 0 radical (unpaired) electrons. The Balaban J connectivity index is 1.59. The molecule has 156 valence electrons. The maximum absolute atomic E-state index is 13.3. The first kappa shape index (κ1) is 18.3. The Morgan fingerprint density at radius 2 is 0.812 bits per heavy atom. The van der Waals surface area contributed by atoms with Crippen molar-refractivity contribution in [3.63, 3.8) is 0 Å². The molecule has 0 aliphatic carbocycles. The summed E-state index contributed by atoms with van der Waals surface area (Å²) in [6, 6.07) is 12.4. The van der Waals surface area contributed by atoms with Crippen LogP contribution in [0.2, 0.25) is 0 Å². The predicted molar refractivity (Wildman–Crippen MR) is 113 cm³/mol. The lowest BCUT2D eigenvalue weighted by atomic mass is 9.86. The minimum Gasteiger partial charge on any atom is -0.445 e. The number of carbonyl (C=O) groups excluding carboxylic acids is 4. The van der Waals surface area contributed by atoms with Crippen LogP contribution < -0.4 is 9.80 Å². The maximum Gasteiger partial charge on any atom is 0.268 e. The first-order valence-corrected chi connectivity index (χ1v) is 9.87. The normalized spacial score (nSPS) is 15.3. The average Bonchev–Trinajstić information content (AvgIpc) is 3.39. The number of benzene rings is 2. The Morgan fingerprint density at radius 1 is 0.500 bits per heavy atom. The van der Waals surface area contributed by atoms with Gasteiger partial charge in [-0.1, -0.05) is 0 Å². The quantitative estimate of drug-likeness (QED) is 0.444. The minimum atomic E-state index is -0.579. The lowest BCUT2D eigenvalue weighted by Gasteiger charge is -2.30. The second-order valence-corrected chi connectivity index (χ2v) is 7.73. The first-order chi connectivity index (χ1) is 15.4. The van der Waals surface area contributed by atoms with Gasteiger partial charge in [-0.05, 0) is 50.2 Å². The van der Waals surface area contributed by atoms with Crippen molar-refractivity contribution < 1.29 is 28.0 Å². The zero-order valence-corrected chi connectivity index (χ0v) is 17.0. The molecule has 2 aromatic heterocycles. The van der Waals surface area contributed by atoms with Gasteiger partial charge < -0.3 is 8.83 Å². The van der Waals surface area contributed by atoms with E-state index in [1.807, 2.05) is 0 Å². The number of aryl methyl sites for hydroxylation is 2. The molecule has 4 heterocycles. The number of amides is 4. The third-order valence-corrected chi connectivity index (χ3v) is 5.79. The van der Waals surface area contributed by atoms with Crippen molar-refractivity contribution >= 4 is 46.2 Å². The molecule has 0 atom stereocenters. The van der Waals surface area contributed by atoms with Crippen LogP contribution in [0.5, 0.6) is 0 Å². The van der Waals surface area contributed by atoms with E-state index in [1.54, 1.807) is 38.1 Å². The number of rotatable bonds is 2. The molecule has 2 aromatic carbocycles. The van der Waals surface area contributed by atoms with Crippen LogP contribution in [0.25, 0.3) is 10.8 Å². The Morgan fingerprint density at radius 3 is 1.06 bits per heavy atom. The molecule has 6 rings (SSSR count). The van der Waals surface area contributed by atoms with Crippen LogP contribution in [0.3, 0.4) is 0 Å². The van der Waals surface area contributed by atoms with Crippen molar-refractivity contribution in [2.24, 2.45) is 0 Å². The second kappa shape index (κ2) is 6.04. The standard InChI is InChI=1S/C24H14N2O6/c1-11-3-9-17(31-11)25-21(27)13-5-7-15-20-16(8-6-14(19(13)20)22(25)28)24(30)26(23(15)29)18-10-4-12(2)32-18/h3-10H,1-2H3. The highest BCUT2D eigenvalue weighted by atomic mass is 16.4. The number of carbonyl (C=O) groups is 4. The van der Waals surface area contributed by atoms with E-state index in [0.29, 0.717) is 22.3 Å². The Hall–Kier alpha value is -4.46. The van der Waals surface area contributed by atoms with Gasteiger partial charge in [-0.3, -0.25) is 19.2 Å². The number of furan rings is 2. The van der Waals surface area contributed by atoms with Crippen LogP contribution in [0.4, 0.5) is 11.8 Å². The van der Waals surface area contributed by atoms with Gasteiger partial charge >= 0.3 is 0 Å². The molecule has 32 heavy (non-hydrogen) atoms. The summed E-state index contributed by atoms with van der Waals surface area (Å²) in [5.74, 6) is -0.976. The summed E-state index contributed by atoms with van der Waals surface area (Å²) in [4.78, 5) is 55.0. The van der Waals surface area contributed by atoms with E-state index in [9.17, 15) is 19.2 Å². The van der Waals surface area contributed by atoms with Crippen molar-refractivity contribution in [3.8, 4) is 0 Å². The fourth-order valence-corrected chi connectivity index (χ4v) is 4.36. The van der Waals surface area contributed by atoms with Gasteiger partial charge in [0.15, 0.2) is 0 Å². The number of hydrogen-bond donors (Lipinski definition) is 0. The summed E-state index contributed by atoms with van der Waals surface area (Å²) in [6.07, 6.45) is 0. The van der Waals surface area contributed by atoms with Gasteiger partial charge in [-0.2, -0.15) is 0 Å². The molecular formula is C24H14N2O6. The molecule has 4 amide bonds.